The minimum absolute atomic E-state index is 0. The van der Waals surface area contributed by atoms with Crippen molar-refractivity contribution in [1.82, 2.24) is 4.98 Å². The van der Waals surface area contributed by atoms with Crippen LogP contribution >= 0.6 is 44.3 Å². The van der Waals surface area contributed by atoms with E-state index in [1.807, 2.05) is 12.1 Å². The highest BCUT2D eigenvalue weighted by Crippen LogP contribution is 2.10. The number of hydrogen-bond donors (Lipinski definition) is 0. The van der Waals surface area contributed by atoms with Crippen molar-refractivity contribution in [3.05, 3.63) is 28.5 Å². The maximum Gasteiger partial charge on any atom is 0.106 e. The van der Waals surface area contributed by atoms with Crippen LogP contribution < -0.4 is 0 Å². The molecule has 1 rings (SSSR count). The standard InChI is InChI=1S/C6H5Br2N.ClH/c7-4-5-1-2-9-6(8)3-5;/h1-3H,4H2;1H. The molecule has 0 spiro atoms. The zero-order chi connectivity index (χ0) is 6.69. The molecular formula is C6H6Br2ClN. The van der Waals surface area contributed by atoms with Gasteiger partial charge >= 0.3 is 0 Å². The predicted molar refractivity (Wildman–Crippen MR) is 51.8 cm³/mol. The second-order valence-corrected chi connectivity index (χ2v) is 2.99. The van der Waals surface area contributed by atoms with Crippen LogP contribution in [0.4, 0.5) is 0 Å². The van der Waals surface area contributed by atoms with Crippen molar-refractivity contribution in [2.24, 2.45) is 0 Å². The summed E-state index contributed by atoms with van der Waals surface area (Å²) in [5.74, 6) is 0. The van der Waals surface area contributed by atoms with Crippen molar-refractivity contribution in [2.45, 2.75) is 5.33 Å². The summed E-state index contributed by atoms with van der Waals surface area (Å²) in [6, 6.07) is 3.95. The fourth-order valence-corrected chi connectivity index (χ4v) is 1.29. The Morgan fingerprint density at radius 1 is 1.50 bits per heavy atom. The van der Waals surface area contributed by atoms with Crippen LogP contribution in [-0.4, -0.2) is 4.98 Å². The predicted octanol–water partition coefficient (Wildman–Crippen LogP) is 3.16. The van der Waals surface area contributed by atoms with E-state index in [1.54, 1.807) is 6.20 Å². The molecule has 0 bridgehead atoms. The average Bonchev–Trinajstić information content (AvgIpc) is 1.88. The first kappa shape index (κ1) is 10.4. The number of nitrogens with zero attached hydrogens (tertiary/aromatic N) is 1. The van der Waals surface area contributed by atoms with Crippen LogP contribution in [-0.2, 0) is 5.33 Å². The molecule has 0 saturated heterocycles. The lowest BCUT2D eigenvalue weighted by Crippen LogP contribution is -1.78. The number of rotatable bonds is 1. The molecule has 1 heterocycles. The molecule has 0 radical (unpaired) electrons. The molecule has 4 heteroatoms. The van der Waals surface area contributed by atoms with Gasteiger partial charge in [-0.1, -0.05) is 15.9 Å². The number of alkyl halides is 1. The summed E-state index contributed by atoms with van der Waals surface area (Å²) in [5, 5.41) is 0.883. The van der Waals surface area contributed by atoms with E-state index < -0.39 is 0 Å². The maximum absolute atomic E-state index is 3.98. The first-order chi connectivity index (χ1) is 4.33. The molecule has 1 aromatic rings. The van der Waals surface area contributed by atoms with Gasteiger partial charge < -0.3 is 0 Å². The van der Waals surface area contributed by atoms with Gasteiger partial charge in [0.1, 0.15) is 4.60 Å². The zero-order valence-corrected chi connectivity index (χ0v) is 9.04. The minimum atomic E-state index is 0. The first-order valence-corrected chi connectivity index (χ1v) is 4.41. The van der Waals surface area contributed by atoms with E-state index >= 15 is 0 Å². The molecule has 0 aliphatic rings. The smallest absolute Gasteiger partial charge is 0.106 e. The lowest BCUT2D eigenvalue weighted by molar-refractivity contribution is 1.23. The normalized spacial score (nSPS) is 8.60. The minimum Gasteiger partial charge on any atom is -0.249 e. The maximum atomic E-state index is 3.98. The second-order valence-electron chi connectivity index (χ2n) is 1.62. The van der Waals surface area contributed by atoms with Gasteiger partial charge in [0, 0.05) is 11.5 Å². The van der Waals surface area contributed by atoms with Gasteiger partial charge in [-0.2, -0.15) is 0 Å². The molecule has 0 fully saturated rings. The highest BCUT2D eigenvalue weighted by Gasteiger charge is 1.89. The average molecular weight is 287 g/mol. The monoisotopic (exact) mass is 285 g/mol. The van der Waals surface area contributed by atoms with Crippen LogP contribution in [0.15, 0.2) is 22.9 Å². The second kappa shape index (κ2) is 5.10. The Hall–Kier alpha value is 0.400. The van der Waals surface area contributed by atoms with E-state index in [0.29, 0.717) is 0 Å². The summed E-state index contributed by atoms with van der Waals surface area (Å²) in [6.45, 7) is 0. The van der Waals surface area contributed by atoms with Crippen molar-refractivity contribution < 1.29 is 0 Å². The van der Waals surface area contributed by atoms with E-state index in [-0.39, 0.29) is 12.4 Å². The molecule has 0 N–H and O–H groups in total. The SMILES string of the molecule is BrCc1ccnc(Br)c1.Cl. The molecule has 10 heavy (non-hydrogen) atoms. The first-order valence-electron chi connectivity index (χ1n) is 2.49. The molecule has 0 unspecified atom stereocenters. The van der Waals surface area contributed by atoms with Crippen LogP contribution in [0, 0.1) is 0 Å². The summed E-state index contributed by atoms with van der Waals surface area (Å²) < 4.78 is 0.888. The van der Waals surface area contributed by atoms with Gasteiger partial charge in [0.25, 0.3) is 0 Å². The van der Waals surface area contributed by atoms with Crippen LogP contribution in [0.2, 0.25) is 0 Å². The van der Waals surface area contributed by atoms with E-state index in [1.165, 1.54) is 5.56 Å². The molecule has 0 aliphatic carbocycles. The number of aromatic nitrogens is 1. The van der Waals surface area contributed by atoms with Gasteiger partial charge in [0.05, 0.1) is 0 Å². The third-order valence-electron chi connectivity index (χ3n) is 0.945. The van der Waals surface area contributed by atoms with Gasteiger partial charge in [-0.3, -0.25) is 0 Å². The van der Waals surface area contributed by atoms with Gasteiger partial charge in [-0.15, -0.1) is 12.4 Å². The highest BCUT2D eigenvalue weighted by molar-refractivity contribution is 9.10. The Morgan fingerprint density at radius 2 is 2.20 bits per heavy atom. The number of pyridine rings is 1. The zero-order valence-electron chi connectivity index (χ0n) is 5.05. The van der Waals surface area contributed by atoms with Crippen molar-refractivity contribution in [2.75, 3.05) is 0 Å². The van der Waals surface area contributed by atoms with E-state index in [0.717, 1.165) is 9.93 Å². The Bertz CT molecular complexity index is 205. The Morgan fingerprint density at radius 3 is 2.60 bits per heavy atom. The lowest BCUT2D eigenvalue weighted by Gasteiger charge is -1.92. The van der Waals surface area contributed by atoms with Crippen molar-refractivity contribution in [3.63, 3.8) is 0 Å². The molecule has 0 aromatic carbocycles. The lowest BCUT2D eigenvalue weighted by atomic mass is 10.3. The summed E-state index contributed by atoms with van der Waals surface area (Å²) >= 11 is 6.61. The fourth-order valence-electron chi connectivity index (χ4n) is 0.526. The van der Waals surface area contributed by atoms with Gasteiger partial charge in [0.2, 0.25) is 0 Å². The third kappa shape index (κ3) is 2.99. The molecule has 0 saturated carbocycles. The largest absolute Gasteiger partial charge is 0.249 e. The number of hydrogen-bond acceptors (Lipinski definition) is 1. The molecule has 0 aliphatic heterocycles. The van der Waals surface area contributed by atoms with E-state index in [2.05, 4.69) is 36.8 Å². The topological polar surface area (TPSA) is 12.9 Å². The third-order valence-corrected chi connectivity index (χ3v) is 2.03. The van der Waals surface area contributed by atoms with Gasteiger partial charge in [-0.05, 0) is 33.6 Å². The molecule has 0 amide bonds. The fraction of sp³-hybridized carbons (Fsp3) is 0.167. The molecule has 1 nitrogen and oxygen atoms in total. The summed E-state index contributed by atoms with van der Waals surface area (Å²) in [6.07, 6.45) is 1.78. The summed E-state index contributed by atoms with van der Waals surface area (Å²) in [5.41, 5.74) is 1.23. The van der Waals surface area contributed by atoms with Crippen molar-refractivity contribution >= 4 is 44.3 Å². The van der Waals surface area contributed by atoms with E-state index in [9.17, 15) is 0 Å². The van der Waals surface area contributed by atoms with Crippen LogP contribution in [0.3, 0.4) is 0 Å². The quantitative estimate of drug-likeness (QED) is 0.571. The Balaban J connectivity index is 0.000000810. The van der Waals surface area contributed by atoms with Gasteiger partial charge in [0.15, 0.2) is 0 Å². The van der Waals surface area contributed by atoms with Crippen LogP contribution in [0.25, 0.3) is 0 Å². The van der Waals surface area contributed by atoms with Gasteiger partial charge in [-0.25, -0.2) is 4.98 Å². The van der Waals surface area contributed by atoms with E-state index in [4.69, 9.17) is 0 Å². The molecular weight excluding hydrogens is 281 g/mol. The van der Waals surface area contributed by atoms with Crippen molar-refractivity contribution in [3.8, 4) is 0 Å². The van der Waals surface area contributed by atoms with Crippen LogP contribution in [0.5, 0.6) is 0 Å². The molecule has 0 atom stereocenters. The highest BCUT2D eigenvalue weighted by atomic mass is 79.9. The van der Waals surface area contributed by atoms with Crippen molar-refractivity contribution in [1.29, 1.82) is 0 Å². The summed E-state index contributed by atoms with van der Waals surface area (Å²) in [7, 11) is 0. The number of halogens is 3. The Kier molecular flexibility index (Phi) is 5.31. The summed E-state index contributed by atoms with van der Waals surface area (Å²) in [4.78, 5) is 3.98. The molecule has 1 aromatic heterocycles. The van der Waals surface area contributed by atoms with Crippen LogP contribution in [0.1, 0.15) is 5.56 Å². The Labute approximate surface area is 82.9 Å². The molecule has 56 valence electrons.